The average molecular weight is 209 g/mol. The molecule has 15 heavy (non-hydrogen) atoms. The molecule has 0 spiro atoms. The molecule has 0 unspecified atom stereocenters. The van der Waals surface area contributed by atoms with Crippen LogP contribution in [0, 0.1) is 0 Å². The highest BCUT2D eigenvalue weighted by molar-refractivity contribution is 5.34. The smallest absolute Gasteiger partial charge is 0.230 e. The van der Waals surface area contributed by atoms with Gasteiger partial charge in [0.15, 0.2) is 0 Å². The predicted molar refractivity (Wildman–Crippen MR) is 62.2 cm³/mol. The first-order valence-electron chi connectivity index (χ1n) is 5.43. The van der Waals surface area contributed by atoms with Crippen molar-refractivity contribution in [2.24, 2.45) is 0 Å². The standard InChI is InChI=1S/C10H19N5/c1-4-6-15(7-5-2)10-13-8-12-9(11-3)14-10/h8H,4-7H2,1-3H3,(H,11,12,13,14). The van der Waals surface area contributed by atoms with Crippen LogP contribution in [0.4, 0.5) is 11.9 Å². The van der Waals surface area contributed by atoms with Crippen molar-refractivity contribution in [3.05, 3.63) is 6.33 Å². The highest BCUT2D eigenvalue weighted by Gasteiger charge is 2.07. The van der Waals surface area contributed by atoms with E-state index in [0.717, 1.165) is 31.9 Å². The van der Waals surface area contributed by atoms with E-state index in [1.807, 2.05) is 7.05 Å². The predicted octanol–water partition coefficient (Wildman–Crippen LogP) is 1.54. The van der Waals surface area contributed by atoms with E-state index in [9.17, 15) is 0 Å². The molecule has 0 atom stereocenters. The number of nitrogens with one attached hydrogen (secondary N) is 1. The average Bonchev–Trinajstić information content (AvgIpc) is 2.29. The van der Waals surface area contributed by atoms with Gasteiger partial charge in [0.1, 0.15) is 6.33 Å². The molecule has 1 rings (SSSR count). The first-order valence-corrected chi connectivity index (χ1v) is 5.43. The SMILES string of the molecule is CCCN(CCC)c1ncnc(NC)n1. The van der Waals surface area contributed by atoms with Gasteiger partial charge in [-0.25, -0.2) is 9.97 Å². The zero-order valence-corrected chi connectivity index (χ0v) is 9.69. The number of hydrogen-bond acceptors (Lipinski definition) is 5. The second kappa shape index (κ2) is 6.16. The molecular weight excluding hydrogens is 190 g/mol. The lowest BCUT2D eigenvalue weighted by molar-refractivity contribution is 0.718. The van der Waals surface area contributed by atoms with E-state index in [1.165, 1.54) is 0 Å². The van der Waals surface area contributed by atoms with Crippen LogP contribution in [0.3, 0.4) is 0 Å². The zero-order valence-electron chi connectivity index (χ0n) is 9.69. The molecule has 0 amide bonds. The Morgan fingerprint density at radius 2 is 1.87 bits per heavy atom. The molecule has 0 fully saturated rings. The monoisotopic (exact) mass is 209 g/mol. The molecule has 84 valence electrons. The summed E-state index contributed by atoms with van der Waals surface area (Å²) in [4.78, 5) is 14.7. The van der Waals surface area contributed by atoms with Crippen LogP contribution in [-0.4, -0.2) is 35.1 Å². The summed E-state index contributed by atoms with van der Waals surface area (Å²) >= 11 is 0. The number of nitrogens with zero attached hydrogens (tertiary/aromatic N) is 4. The van der Waals surface area contributed by atoms with Crippen molar-refractivity contribution in [1.29, 1.82) is 0 Å². The maximum Gasteiger partial charge on any atom is 0.230 e. The molecule has 0 aliphatic carbocycles. The first-order chi connectivity index (χ1) is 7.31. The Kier molecular flexibility index (Phi) is 4.80. The minimum absolute atomic E-state index is 0.622. The third-order valence-corrected chi connectivity index (χ3v) is 2.05. The Labute approximate surface area is 91.0 Å². The van der Waals surface area contributed by atoms with Gasteiger partial charge in [-0.2, -0.15) is 4.98 Å². The van der Waals surface area contributed by atoms with Gasteiger partial charge in [-0.15, -0.1) is 0 Å². The topological polar surface area (TPSA) is 53.9 Å². The highest BCUT2D eigenvalue weighted by Crippen LogP contribution is 2.09. The van der Waals surface area contributed by atoms with Crippen LogP contribution in [0.5, 0.6) is 0 Å². The van der Waals surface area contributed by atoms with Gasteiger partial charge in [0.2, 0.25) is 11.9 Å². The van der Waals surface area contributed by atoms with Gasteiger partial charge in [0.25, 0.3) is 0 Å². The summed E-state index contributed by atoms with van der Waals surface area (Å²) in [6.07, 6.45) is 3.74. The highest BCUT2D eigenvalue weighted by atomic mass is 15.3. The molecule has 5 nitrogen and oxygen atoms in total. The maximum atomic E-state index is 4.32. The minimum Gasteiger partial charge on any atom is -0.357 e. The third-order valence-electron chi connectivity index (χ3n) is 2.05. The maximum absolute atomic E-state index is 4.32. The lowest BCUT2D eigenvalue weighted by Crippen LogP contribution is -2.27. The fourth-order valence-corrected chi connectivity index (χ4v) is 1.41. The largest absolute Gasteiger partial charge is 0.357 e. The van der Waals surface area contributed by atoms with Gasteiger partial charge in [-0.3, -0.25) is 0 Å². The molecule has 0 aliphatic heterocycles. The molecule has 1 aromatic heterocycles. The molecular formula is C10H19N5. The van der Waals surface area contributed by atoms with E-state index in [4.69, 9.17) is 0 Å². The van der Waals surface area contributed by atoms with Gasteiger partial charge in [-0.1, -0.05) is 13.8 Å². The summed E-state index contributed by atoms with van der Waals surface area (Å²) in [5.74, 6) is 1.38. The molecule has 5 heteroatoms. The van der Waals surface area contributed by atoms with Crippen LogP contribution in [0.2, 0.25) is 0 Å². The first kappa shape index (κ1) is 11.7. The van der Waals surface area contributed by atoms with Crippen molar-refractivity contribution in [3.8, 4) is 0 Å². The summed E-state index contributed by atoms with van der Waals surface area (Å²) in [7, 11) is 1.81. The molecule has 0 saturated heterocycles. The molecule has 1 heterocycles. The van der Waals surface area contributed by atoms with Crippen molar-refractivity contribution in [2.45, 2.75) is 26.7 Å². The Balaban J connectivity index is 2.79. The number of aromatic nitrogens is 3. The van der Waals surface area contributed by atoms with Crippen LogP contribution in [0.25, 0.3) is 0 Å². The normalized spacial score (nSPS) is 10.1. The molecule has 0 saturated carbocycles. The van der Waals surface area contributed by atoms with Crippen LogP contribution in [-0.2, 0) is 0 Å². The summed E-state index contributed by atoms with van der Waals surface area (Å²) in [5.41, 5.74) is 0. The lowest BCUT2D eigenvalue weighted by Gasteiger charge is -2.20. The number of rotatable bonds is 6. The second-order valence-corrected chi connectivity index (χ2v) is 3.35. The fourth-order valence-electron chi connectivity index (χ4n) is 1.41. The summed E-state index contributed by atoms with van der Waals surface area (Å²) in [6.45, 7) is 6.29. The van der Waals surface area contributed by atoms with E-state index in [1.54, 1.807) is 6.33 Å². The van der Waals surface area contributed by atoms with Crippen molar-refractivity contribution in [1.82, 2.24) is 15.0 Å². The Hall–Kier alpha value is -1.39. The Bertz CT molecular complexity index is 283. The lowest BCUT2D eigenvalue weighted by atomic mass is 10.4. The van der Waals surface area contributed by atoms with Crippen LogP contribution in [0.1, 0.15) is 26.7 Å². The van der Waals surface area contributed by atoms with E-state index in [-0.39, 0.29) is 0 Å². The van der Waals surface area contributed by atoms with E-state index >= 15 is 0 Å². The summed E-state index contributed by atoms with van der Waals surface area (Å²) in [6, 6.07) is 0. The molecule has 0 bridgehead atoms. The summed E-state index contributed by atoms with van der Waals surface area (Å²) in [5, 5.41) is 2.92. The Morgan fingerprint density at radius 1 is 1.20 bits per heavy atom. The minimum atomic E-state index is 0.622. The van der Waals surface area contributed by atoms with Gasteiger partial charge < -0.3 is 10.2 Å². The van der Waals surface area contributed by atoms with Gasteiger partial charge in [-0.05, 0) is 12.8 Å². The molecule has 0 radical (unpaired) electrons. The van der Waals surface area contributed by atoms with E-state index in [2.05, 4.69) is 39.0 Å². The van der Waals surface area contributed by atoms with E-state index in [0.29, 0.717) is 5.95 Å². The fraction of sp³-hybridized carbons (Fsp3) is 0.700. The third kappa shape index (κ3) is 3.34. The molecule has 0 aromatic carbocycles. The quantitative estimate of drug-likeness (QED) is 0.770. The van der Waals surface area contributed by atoms with E-state index < -0.39 is 0 Å². The van der Waals surface area contributed by atoms with Gasteiger partial charge in [0, 0.05) is 20.1 Å². The van der Waals surface area contributed by atoms with Crippen molar-refractivity contribution < 1.29 is 0 Å². The van der Waals surface area contributed by atoms with Crippen LogP contribution < -0.4 is 10.2 Å². The van der Waals surface area contributed by atoms with Crippen molar-refractivity contribution in [3.63, 3.8) is 0 Å². The zero-order chi connectivity index (χ0) is 11.1. The molecule has 1 aromatic rings. The Morgan fingerprint density at radius 3 is 2.40 bits per heavy atom. The number of hydrogen-bond donors (Lipinski definition) is 1. The molecule has 0 aliphatic rings. The van der Waals surface area contributed by atoms with Crippen molar-refractivity contribution >= 4 is 11.9 Å². The van der Waals surface area contributed by atoms with Gasteiger partial charge in [0.05, 0.1) is 0 Å². The summed E-state index contributed by atoms with van der Waals surface area (Å²) < 4.78 is 0. The van der Waals surface area contributed by atoms with Crippen LogP contribution >= 0.6 is 0 Å². The molecule has 1 N–H and O–H groups in total. The number of anilines is 2. The second-order valence-electron chi connectivity index (χ2n) is 3.35. The van der Waals surface area contributed by atoms with Gasteiger partial charge >= 0.3 is 0 Å². The van der Waals surface area contributed by atoms with Crippen LogP contribution in [0.15, 0.2) is 6.33 Å². The van der Waals surface area contributed by atoms with Crippen molar-refractivity contribution in [2.75, 3.05) is 30.4 Å².